The van der Waals surface area contributed by atoms with E-state index in [9.17, 15) is 13.2 Å². The maximum absolute atomic E-state index is 12.9. The van der Waals surface area contributed by atoms with Gasteiger partial charge in [0.1, 0.15) is 0 Å². The van der Waals surface area contributed by atoms with Crippen LogP contribution in [0.15, 0.2) is 24.3 Å². The Kier molecular flexibility index (Phi) is 4.04. The Morgan fingerprint density at radius 3 is 2.26 bits per heavy atom. The first kappa shape index (κ1) is 14.2. The first-order valence-corrected chi connectivity index (χ1v) is 6.44. The van der Waals surface area contributed by atoms with Gasteiger partial charge in [-0.3, -0.25) is 0 Å². The van der Waals surface area contributed by atoms with Crippen LogP contribution in [0.5, 0.6) is 0 Å². The van der Waals surface area contributed by atoms with Crippen LogP contribution in [0.3, 0.4) is 0 Å². The standard InChI is InChI=1S/C14H18F3NO/c1-9-7-11(8-10(2)19-9)18-13-6-4-3-5-12(13)14(15,16)17/h3-6,9-11,18H,7-8H2,1-2H3. The zero-order valence-corrected chi connectivity index (χ0v) is 11.0. The number of para-hydroxylation sites is 1. The summed E-state index contributed by atoms with van der Waals surface area (Å²) in [6.07, 6.45) is -2.75. The largest absolute Gasteiger partial charge is 0.418 e. The van der Waals surface area contributed by atoms with Gasteiger partial charge in [0.15, 0.2) is 0 Å². The van der Waals surface area contributed by atoms with Crippen LogP contribution in [-0.2, 0) is 10.9 Å². The van der Waals surface area contributed by atoms with E-state index in [0.29, 0.717) is 0 Å². The van der Waals surface area contributed by atoms with Crippen molar-refractivity contribution in [3.05, 3.63) is 29.8 Å². The Morgan fingerprint density at radius 1 is 1.11 bits per heavy atom. The fourth-order valence-electron chi connectivity index (χ4n) is 2.60. The highest BCUT2D eigenvalue weighted by atomic mass is 19.4. The molecule has 0 amide bonds. The number of anilines is 1. The quantitative estimate of drug-likeness (QED) is 0.877. The van der Waals surface area contributed by atoms with Gasteiger partial charge < -0.3 is 10.1 Å². The molecule has 1 aliphatic rings. The van der Waals surface area contributed by atoms with Crippen molar-refractivity contribution in [1.29, 1.82) is 0 Å². The molecule has 1 aromatic carbocycles. The van der Waals surface area contributed by atoms with Crippen molar-refractivity contribution in [3.63, 3.8) is 0 Å². The maximum atomic E-state index is 12.9. The first-order valence-electron chi connectivity index (χ1n) is 6.44. The zero-order valence-electron chi connectivity index (χ0n) is 11.0. The van der Waals surface area contributed by atoms with Crippen molar-refractivity contribution in [2.45, 2.75) is 51.1 Å². The van der Waals surface area contributed by atoms with Crippen LogP contribution in [0.2, 0.25) is 0 Å². The Hall–Kier alpha value is -1.23. The monoisotopic (exact) mass is 273 g/mol. The van der Waals surface area contributed by atoms with Gasteiger partial charge in [-0.25, -0.2) is 0 Å². The average Bonchev–Trinajstić information content (AvgIpc) is 2.26. The van der Waals surface area contributed by atoms with Crippen LogP contribution >= 0.6 is 0 Å². The van der Waals surface area contributed by atoms with Crippen LogP contribution in [0.25, 0.3) is 0 Å². The van der Waals surface area contributed by atoms with Crippen molar-refractivity contribution in [1.82, 2.24) is 0 Å². The third kappa shape index (κ3) is 3.62. The maximum Gasteiger partial charge on any atom is 0.418 e. The summed E-state index contributed by atoms with van der Waals surface area (Å²) in [6.45, 7) is 3.89. The molecule has 19 heavy (non-hydrogen) atoms. The van der Waals surface area contributed by atoms with Crippen LogP contribution in [0, 0.1) is 0 Å². The topological polar surface area (TPSA) is 21.3 Å². The Balaban J connectivity index is 2.15. The third-order valence-corrected chi connectivity index (χ3v) is 3.29. The van der Waals surface area contributed by atoms with E-state index in [1.165, 1.54) is 12.1 Å². The number of ether oxygens (including phenoxy) is 1. The predicted octanol–water partition coefficient (Wildman–Crippen LogP) is 4.07. The summed E-state index contributed by atoms with van der Waals surface area (Å²) in [5.74, 6) is 0. The minimum atomic E-state index is -4.33. The zero-order chi connectivity index (χ0) is 14.0. The fraction of sp³-hybridized carbons (Fsp3) is 0.571. The van der Waals surface area contributed by atoms with Crippen molar-refractivity contribution < 1.29 is 17.9 Å². The molecule has 2 unspecified atom stereocenters. The molecule has 2 rings (SSSR count). The minimum Gasteiger partial charge on any atom is -0.382 e. The molecule has 1 aromatic rings. The van der Waals surface area contributed by atoms with E-state index in [1.54, 1.807) is 6.07 Å². The lowest BCUT2D eigenvalue weighted by Crippen LogP contribution is -2.37. The van der Waals surface area contributed by atoms with E-state index < -0.39 is 11.7 Å². The van der Waals surface area contributed by atoms with Gasteiger partial charge in [-0.05, 0) is 38.8 Å². The molecule has 1 aliphatic heterocycles. The third-order valence-electron chi connectivity index (χ3n) is 3.29. The molecule has 106 valence electrons. The summed E-state index contributed by atoms with van der Waals surface area (Å²) in [5, 5.41) is 3.02. The summed E-state index contributed by atoms with van der Waals surface area (Å²) in [5.41, 5.74) is -0.455. The molecule has 0 saturated carbocycles. The van der Waals surface area contributed by atoms with Crippen molar-refractivity contribution in [2.75, 3.05) is 5.32 Å². The molecular weight excluding hydrogens is 255 g/mol. The van der Waals surface area contributed by atoms with E-state index in [-0.39, 0.29) is 23.9 Å². The second-order valence-corrected chi connectivity index (χ2v) is 5.11. The molecule has 2 nitrogen and oxygen atoms in total. The number of halogens is 3. The number of nitrogens with one attached hydrogen (secondary N) is 1. The summed E-state index contributed by atoms with van der Waals surface area (Å²) < 4.78 is 44.3. The number of benzene rings is 1. The molecular formula is C14H18F3NO. The average molecular weight is 273 g/mol. The Morgan fingerprint density at radius 2 is 1.68 bits per heavy atom. The summed E-state index contributed by atoms with van der Waals surface area (Å²) in [6, 6.07) is 5.62. The van der Waals surface area contributed by atoms with Gasteiger partial charge in [-0.15, -0.1) is 0 Å². The van der Waals surface area contributed by atoms with E-state index >= 15 is 0 Å². The molecule has 1 N–H and O–H groups in total. The van der Waals surface area contributed by atoms with Gasteiger partial charge in [-0.2, -0.15) is 13.2 Å². The molecule has 2 atom stereocenters. The fourth-order valence-corrected chi connectivity index (χ4v) is 2.60. The summed E-state index contributed by atoms with van der Waals surface area (Å²) in [4.78, 5) is 0. The molecule has 0 bridgehead atoms. The van der Waals surface area contributed by atoms with Crippen LogP contribution in [0.4, 0.5) is 18.9 Å². The number of alkyl halides is 3. The van der Waals surface area contributed by atoms with Crippen LogP contribution in [0.1, 0.15) is 32.3 Å². The SMILES string of the molecule is CC1CC(Nc2ccccc2C(F)(F)F)CC(C)O1. The highest BCUT2D eigenvalue weighted by Gasteiger charge is 2.34. The van der Waals surface area contributed by atoms with Gasteiger partial charge in [0.25, 0.3) is 0 Å². The van der Waals surface area contributed by atoms with Crippen molar-refractivity contribution in [3.8, 4) is 0 Å². The number of hydrogen-bond donors (Lipinski definition) is 1. The minimum absolute atomic E-state index is 0.0160. The van der Waals surface area contributed by atoms with Gasteiger partial charge in [-0.1, -0.05) is 12.1 Å². The number of rotatable bonds is 2. The summed E-state index contributed by atoms with van der Waals surface area (Å²) >= 11 is 0. The number of hydrogen-bond acceptors (Lipinski definition) is 2. The molecule has 0 radical (unpaired) electrons. The molecule has 0 spiro atoms. The lowest BCUT2D eigenvalue weighted by atomic mass is 9.99. The van der Waals surface area contributed by atoms with Crippen molar-refractivity contribution in [2.24, 2.45) is 0 Å². The highest BCUT2D eigenvalue weighted by Crippen LogP contribution is 2.35. The lowest BCUT2D eigenvalue weighted by Gasteiger charge is -2.33. The predicted molar refractivity (Wildman–Crippen MR) is 68.1 cm³/mol. The van der Waals surface area contributed by atoms with Crippen LogP contribution < -0.4 is 5.32 Å². The summed E-state index contributed by atoms with van der Waals surface area (Å²) in [7, 11) is 0. The smallest absolute Gasteiger partial charge is 0.382 e. The molecule has 1 heterocycles. The molecule has 5 heteroatoms. The second-order valence-electron chi connectivity index (χ2n) is 5.11. The molecule has 1 fully saturated rings. The normalized spacial score (nSPS) is 28.2. The van der Waals surface area contributed by atoms with Crippen molar-refractivity contribution >= 4 is 5.69 Å². The highest BCUT2D eigenvalue weighted by molar-refractivity contribution is 5.53. The van der Waals surface area contributed by atoms with E-state index in [4.69, 9.17) is 4.74 Å². The molecule has 0 aliphatic carbocycles. The van der Waals surface area contributed by atoms with Crippen LogP contribution in [-0.4, -0.2) is 18.2 Å². The van der Waals surface area contributed by atoms with Gasteiger partial charge in [0.05, 0.1) is 17.8 Å². The van der Waals surface area contributed by atoms with E-state index in [1.807, 2.05) is 13.8 Å². The molecule has 0 aromatic heterocycles. The Bertz CT molecular complexity index is 423. The lowest BCUT2D eigenvalue weighted by molar-refractivity contribution is -0.137. The second kappa shape index (κ2) is 5.41. The first-order chi connectivity index (χ1) is 8.86. The molecule has 1 saturated heterocycles. The Labute approximate surface area is 111 Å². The van der Waals surface area contributed by atoms with Gasteiger partial charge >= 0.3 is 6.18 Å². The van der Waals surface area contributed by atoms with E-state index in [2.05, 4.69) is 5.32 Å². The van der Waals surface area contributed by atoms with Gasteiger partial charge in [0.2, 0.25) is 0 Å². The van der Waals surface area contributed by atoms with E-state index in [0.717, 1.165) is 18.9 Å². The van der Waals surface area contributed by atoms with Gasteiger partial charge in [0, 0.05) is 11.7 Å².